The second-order valence-electron chi connectivity index (χ2n) is 7.48. The maximum absolute atomic E-state index is 12.6. The first kappa shape index (κ1) is 23.5. The van der Waals surface area contributed by atoms with Gasteiger partial charge in [0.2, 0.25) is 0 Å². The zero-order valence-corrected chi connectivity index (χ0v) is 18.6. The van der Waals surface area contributed by atoms with Crippen molar-refractivity contribution in [2.24, 2.45) is 0 Å². The van der Waals surface area contributed by atoms with Crippen LogP contribution < -0.4 is 15.0 Å². The monoisotopic (exact) mass is 446 g/mol. The topological polar surface area (TPSA) is 84.9 Å². The van der Waals surface area contributed by atoms with E-state index in [1.54, 1.807) is 29.2 Å². The van der Waals surface area contributed by atoms with Crippen LogP contribution in [0.2, 0.25) is 0 Å². The molecule has 0 spiro atoms. The standard InChI is InChI=1S/C26H26N2O5/c1-19(2)28(21-9-5-3-6-10-21)24(29)18-32-25(30)17-27-26(31)20-13-15-23(16-14-20)33-22-11-7-4-8-12-22/h3-16,19H,17-18H2,1-2H3,(H,27,31). The Kier molecular flexibility index (Phi) is 8.18. The molecule has 170 valence electrons. The molecule has 0 saturated carbocycles. The number of benzene rings is 3. The normalized spacial score (nSPS) is 10.4. The van der Waals surface area contributed by atoms with Crippen molar-refractivity contribution in [1.29, 1.82) is 0 Å². The highest BCUT2D eigenvalue weighted by atomic mass is 16.5. The number of rotatable bonds is 9. The summed E-state index contributed by atoms with van der Waals surface area (Å²) in [6.45, 7) is 3.00. The van der Waals surface area contributed by atoms with Crippen molar-refractivity contribution in [3.05, 3.63) is 90.5 Å². The van der Waals surface area contributed by atoms with E-state index in [1.165, 1.54) is 0 Å². The lowest BCUT2D eigenvalue weighted by atomic mass is 10.2. The molecule has 0 aliphatic heterocycles. The van der Waals surface area contributed by atoms with Crippen molar-refractivity contribution in [2.45, 2.75) is 19.9 Å². The molecule has 0 saturated heterocycles. The predicted octanol–water partition coefficient (Wildman–Crippen LogP) is 4.19. The zero-order valence-electron chi connectivity index (χ0n) is 18.6. The lowest BCUT2D eigenvalue weighted by molar-refractivity contribution is -0.146. The van der Waals surface area contributed by atoms with Crippen LogP contribution in [0.25, 0.3) is 0 Å². The van der Waals surface area contributed by atoms with Gasteiger partial charge in [0.15, 0.2) is 6.61 Å². The van der Waals surface area contributed by atoms with E-state index in [-0.39, 0.29) is 18.5 Å². The molecule has 0 heterocycles. The van der Waals surface area contributed by atoms with Crippen molar-refractivity contribution in [1.82, 2.24) is 5.32 Å². The molecule has 2 amide bonds. The van der Waals surface area contributed by atoms with Crippen molar-refractivity contribution < 1.29 is 23.9 Å². The van der Waals surface area contributed by atoms with Crippen molar-refractivity contribution in [3.8, 4) is 11.5 Å². The number of nitrogens with one attached hydrogen (secondary N) is 1. The molecule has 0 aliphatic carbocycles. The fourth-order valence-corrected chi connectivity index (χ4v) is 3.13. The lowest BCUT2D eigenvalue weighted by Gasteiger charge is -2.26. The third-order valence-electron chi connectivity index (χ3n) is 4.66. The number of carbonyl (C=O) groups excluding carboxylic acids is 3. The highest BCUT2D eigenvalue weighted by molar-refractivity contribution is 5.97. The molecule has 0 radical (unpaired) electrons. The van der Waals surface area contributed by atoms with Gasteiger partial charge < -0.3 is 19.7 Å². The van der Waals surface area contributed by atoms with Gasteiger partial charge in [-0.15, -0.1) is 0 Å². The second kappa shape index (κ2) is 11.5. The molecular weight excluding hydrogens is 420 g/mol. The molecule has 0 aromatic heterocycles. The van der Waals surface area contributed by atoms with Crippen LogP contribution in [0.4, 0.5) is 5.69 Å². The van der Waals surface area contributed by atoms with Crippen LogP contribution in [0.3, 0.4) is 0 Å². The van der Waals surface area contributed by atoms with Crippen molar-refractivity contribution >= 4 is 23.5 Å². The minimum atomic E-state index is -0.697. The maximum atomic E-state index is 12.6. The predicted molar refractivity (Wildman–Crippen MR) is 125 cm³/mol. The van der Waals surface area contributed by atoms with Crippen LogP contribution in [-0.2, 0) is 14.3 Å². The Bertz CT molecular complexity index is 1070. The average Bonchev–Trinajstić information content (AvgIpc) is 2.83. The lowest BCUT2D eigenvalue weighted by Crippen LogP contribution is -2.40. The first-order chi connectivity index (χ1) is 15.9. The fourth-order valence-electron chi connectivity index (χ4n) is 3.13. The first-order valence-electron chi connectivity index (χ1n) is 10.6. The van der Waals surface area contributed by atoms with Crippen LogP contribution >= 0.6 is 0 Å². The molecule has 33 heavy (non-hydrogen) atoms. The average molecular weight is 447 g/mol. The molecule has 0 unspecified atom stereocenters. The molecule has 3 aromatic rings. The Morgan fingerprint density at radius 3 is 2.00 bits per heavy atom. The summed E-state index contributed by atoms with van der Waals surface area (Å²) in [4.78, 5) is 38.5. The van der Waals surface area contributed by atoms with Gasteiger partial charge >= 0.3 is 5.97 Å². The van der Waals surface area contributed by atoms with Gasteiger partial charge in [0.1, 0.15) is 18.0 Å². The smallest absolute Gasteiger partial charge is 0.325 e. The number of para-hydroxylation sites is 2. The van der Waals surface area contributed by atoms with E-state index < -0.39 is 18.5 Å². The van der Waals surface area contributed by atoms with Gasteiger partial charge in [0.25, 0.3) is 11.8 Å². The van der Waals surface area contributed by atoms with Crippen molar-refractivity contribution in [3.63, 3.8) is 0 Å². The number of hydrogen-bond donors (Lipinski definition) is 1. The Morgan fingerprint density at radius 2 is 1.39 bits per heavy atom. The Labute approximate surface area is 192 Å². The quantitative estimate of drug-likeness (QED) is 0.498. The van der Waals surface area contributed by atoms with Gasteiger partial charge in [-0.1, -0.05) is 36.4 Å². The Hall–Kier alpha value is -4.13. The molecule has 0 bridgehead atoms. The molecule has 3 aromatic carbocycles. The van der Waals surface area contributed by atoms with E-state index in [0.29, 0.717) is 17.1 Å². The second-order valence-corrected chi connectivity index (χ2v) is 7.48. The third kappa shape index (κ3) is 6.93. The molecule has 7 nitrogen and oxygen atoms in total. The number of amides is 2. The highest BCUT2D eigenvalue weighted by Crippen LogP contribution is 2.21. The zero-order chi connectivity index (χ0) is 23.6. The van der Waals surface area contributed by atoms with E-state index in [1.807, 2.05) is 74.5 Å². The highest BCUT2D eigenvalue weighted by Gasteiger charge is 2.20. The number of carbonyl (C=O) groups is 3. The first-order valence-corrected chi connectivity index (χ1v) is 10.6. The van der Waals surface area contributed by atoms with Crippen LogP contribution in [-0.4, -0.2) is 37.0 Å². The maximum Gasteiger partial charge on any atom is 0.325 e. The number of nitrogens with zero attached hydrogens (tertiary/aromatic N) is 1. The van der Waals surface area contributed by atoms with E-state index >= 15 is 0 Å². The molecule has 7 heteroatoms. The number of hydrogen-bond acceptors (Lipinski definition) is 5. The summed E-state index contributed by atoms with van der Waals surface area (Å²) in [6.07, 6.45) is 0. The van der Waals surface area contributed by atoms with Gasteiger partial charge in [-0.3, -0.25) is 14.4 Å². The van der Waals surface area contributed by atoms with Crippen LogP contribution in [0.15, 0.2) is 84.9 Å². The summed E-state index contributed by atoms with van der Waals surface area (Å²) >= 11 is 0. The van der Waals surface area contributed by atoms with Gasteiger partial charge in [0, 0.05) is 17.3 Å². The summed E-state index contributed by atoms with van der Waals surface area (Å²) in [5.41, 5.74) is 1.09. The molecule has 0 aliphatic rings. The minimum Gasteiger partial charge on any atom is -0.457 e. The van der Waals surface area contributed by atoms with E-state index in [9.17, 15) is 14.4 Å². The number of ether oxygens (including phenoxy) is 2. The summed E-state index contributed by atoms with van der Waals surface area (Å²) in [7, 11) is 0. The van der Waals surface area contributed by atoms with Crippen LogP contribution in [0.5, 0.6) is 11.5 Å². The van der Waals surface area contributed by atoms with E-state index in [4.69, 9.17) is 9.47 Å². The van der Waals surface area contributed by atoms with Crippen LogP contribution in [0, 0.1) is 0 Å². The molecule has 0 atom stereocenters. The van der Waals surface area contributed by atoms with E-state index in [2.05, 4.69) is 5.32 Å². The SMILES string of the molecule is CC(C)N(C(=O)COC(=O)CNC(=O)c1ccc(Oc2ccccc2)cc1)c1ccccc1. The molecule has 0 fully saturated rings. The molecule has 1 N–H and O–H groups in total. The summed E-state index contributed by atoms with van der Waals surface area (Å²) < 4.78 is 10.8. The third-order valence-corrected chi connectivity index (χ3v) is 4.66. The van der Waals surface area contributed by atoms with Gasteiger partial charge in [-0.25, -0.2) is 0 Å². The minimum absolute atomic E-state index is 0.104. The Balaban J connectivity index is 1.46. The number of anilines is 1. The van der Waals surface area contributed by atoms with Crippen LogP contribution in [0.1, 0.15) is 24.2 Å². The fraction of sp³-hybridized carbons (Fsp3) is 0.192. The van der Waals surface area contributed by atoms with Gasteiger partial charge in [0.05, 0.1) is 0 Å². The molecule has 3 rings (SSSR count). The van der Waals surface area contributed by atoms with Crippen molar-refractivity contribution in [2.75, 3.05) is 18.1 Å². The van der Waals surface area contributed by atoms with Gasteiger partial charge in [-0.2, -0.15) is 0 Å². The van der Waals surface area contributed by atoms with Gasteiger partial charge in [-0.05, 0) is 62.4 Å². The molecular formula is C26H26N2O5. The summed E-state index contributed by atoms with van der Waals surface area (Å²) in [5, 5.41) is 2.50. The summed E-state index contributed by atoms with van der Waals surface area (Å²) in [5.74, 6) is -0.195. The summed E-state index contributed by atoms with van der Waals surface area (Å²) in [6, 6.07) is 24.9. The largest absolute Gasteiger partial charge is 0.457 e. The number of esters is 1. The van der Waals surface area contributed by atoms with E-state index in [0.717, 1.165) is 5.69 Å². The Morgan fingerprint density at radius 1 is 0.818 bits per heavy atom.